The summed E-state index contributed by atoms with van der Waals surface area (Å²) in [5, 5.41) is 14.1. The quantitative estimate of drug-likeness (QED) is 0.656. The summed E-state index contributed by atoms with van der Waals surface area (Å²) in [6, 6.07) is 17.0. The van der Waals surface area contributed by atoms with Crippen molar-refractivity contribution in [2.24, 2.45) is 0 Å². The third kappa shape index (κ3) is 2.97. The van der Waals surface area contributed by atoms with Crippen molar-refractivity contribution in [3.63, 3.8) is 0 Å². The van der Waals surface area contributed by atoms with Crippen molar-refractivity contribution in [3.05, 3.63) is 63.9 Å². The van der Waals surface area contributed by atoms with Crippen molar-refractivity contribution in [1.29, 1.82) is 0 Å². The molecule has 1 aromatic heterocycles. The monoisotopic (exact) mass is 390 g/mol. The first-order chi connectivity index (χ1) is 10.1. The van der Waals surface area contributed by atoms with Crippen LogP contribution in [0.3, 0.4) is 0 Å². The molecule has 0 unspecified atom stereocenters. The maximum absolute atomic E-state index is 11.2. The van der Waals surface area contributed by atoms with Crippen molar-refractivity contribution >= 4 is 50.8 Å². The lowest BCUT2D eigenvalue weighted by Crippen LogP contribution is -2.04. The molecule has 0 saturated heterocycles. The maximum atomic E-state index is 11.2. The largest absolute Gasteiger partial charge is 0.477 e. The molecule has 0 atom stereocenters. The van der Waals surface area contributed by atoms with E-state index in [-0.39, 0.29) is 5.69 Å². The molecule has 1 heterocycles. The van der Waals surface area contributed by atoms with Gasteiger partial charge < -0.3 is 10.4 Å². The normalized spacial score (nSPS) is 10.5. The molecule has 3 rings (SSSR count). The van der Waals surface area contributed by atoms with Crippen molar-refractivity contribution < 1.29 is 9.90 Å². The van der Waals surface area contributed by atoms with Crippen LogP contribution in [0.2, 0.25) is 0 Å². The zero-order valence-corrected chi connectivity index (χ0v) is 13.0. The zero-order chi connectivity index (χ0) is 14.8. The molecule has 0 saturated carbocycles. The highest BCUT2D eigenvalue weighted by atomic mass is 127. The van der Waals surface area contributed by atoms with Gasteiger partial charge in [-0.3, -0.25) is 0 Å². The highest BCUT2D eigenvalue weighted by molar-refractivity contribution is 14.1. The maximum Gasteiger partial charge on any atom is 0.354 e. The summed E-state index contributed by atoms with van der Waals surface area (Å²) in [6.45, 7) is 0. The van der Waals surface area contributed by atoms with Crippen LogP contribution in [0.15, 0.2) is 54.6 Å². The summed E-state index contributed by atoms with van der Waals surface area (Å²) in [5.41, 5.74) is 0.906. The molecule has 5 heteroatoms. The third-order valence-electron chi connectivity index (χ3n) is 3.05. The summed E-state index contributed by atoms with van der Waals surface area (Å²) >= 11 is 2.23. The number of fused-ring (bicyclic) bond motifs is 1. The summed E-state index contributed by atoms with van der Waals surface area (Å²) in [7, 11) is 0. The van der Waals surface area contributed by atoms with E-state index in [0.29, 0.717) is 5.82 Å². The molecule has 2 N–H and O–H groups in total. The molecule has 0 aliphatic carbocycles. The Bertz CT molecular complexity index is 833. The number of halogens is 1. The van der Waals surface area contributed by atoms with Gasteiger partial charge in [-0.25, -0.2) is 9.78 Å². The summed E-state index contributed by atoms with van der Waals surface area (Å²) < 4.78 is 1.09. The fourth-order valence-electron chi connectivity index (χ4n) is 2.11. The summed E-state index contributed by atoms with van der Waals surface area (Å²) in [4.78, 5) is 15.4. The number of aromatic carboxylic acids is 1. The van der Waals surface area contributed by atoms with Gasteiger partial charge in [-0.1, -0.05) is 30.3 Å². The number of carboxylic acid groups (broad SMARTS) is 1. The van der Waals surface area contributed by atoms with E-state index >= 15 is 0 Å². The van der Waals surface area contributed by atoms with E-state index in [1.54, 1.807) is 6.07 Å². The molecule has 21 heavy (non-hydrogen) atoms. The fraction of sp³-hybridized carbons (Fsp3) is 0. The van der Waals surface area contributed by atoms with E-state index in [2.05, 4.69) is 32.9 Å². The molecule has 0 bridgehead atoms. The van der Waals surface area contributed by atoms with Crippen LogP contribution >= 0.6 is 22.6 Å². The molecular weight excluding hydrogens is 379 g/mol. The zero-order valence-electron chi connectivity index (χ0n) is 10.9. The van der Waals surface area contributed by atoms with Gasteiger partial charge in [0.15, 0.2) is 5.69 Å². The molecule has 0 spiro atoms. The van der Waals surface area contributed by atoms with Gasteiger partial charge in [0.05, 0.1) is 0 Å². The van der Waals surface area contributed by atoms with Gasteiger partial charge in [0.25, 0.3) is 0 Å². The lowest BCUT2D eigenvalue weighted by Gasteiger charge is -2.10. The highest BCUT2D eigenvalue weighted by Crippen LogP contribution is 2.26. The number of hydrogen-bond acceptors (Lipinski definition) is 3. The second-order valence-electron chi connectivity index (χ2n) is 4.52. The van der Waals surface area contributed by atoms with Gasteiger partial charge in [0.2, 0.25) is 0 Å². The lowest BCUT2D eigenvalue weighted by atomic mass is 10.1. The van der Waals surface area contributed by atoms with Crippen LogP contribution in [0, 0.1) is 3.57 Å². The SMILES string of the molecule is O=C(O)c1cc2ccccc2c(Nc2cccc(I)c2)n1. The molecule has 2 aromatic carbocycles. The minimum atomic E-state index is -1.04. The number of pyridine rings is 1. The molecule has 3 aromatic rings. The van der Waals surface area contributed by atoms with Gasteiger partial charge in [-0.2, -0.15) is 0 Å². The Morgan fingerprint density at radius 2 is 1.90 bits per heavy atom. The number of aromatic nitrogens is 1. The summed E-state index contributed by atoms with van der Waals surface area (Å²) in [5.74, 6) is -0.487. The third-order valence-corrected chi connectivity index (χ3v) is 3.72. The number of carbonyl (C=O) groups is 1. The fourth-order valence-corrected chi connectivity index (χ4v) is 2.65. The Labute approximate surface area is 135 Å². The van der Waals surface area contributed by atoms with Crippen molar-refractivity contribution in [1.82, 2.24) is 4.98 Å². The Hall–Kier alpha value is -2.15. The average molecular weight is 390 g/mol. The molecular formula is C16H11IN2O2. The first kappa shape index (κ1) is 13.8. The molecule has 0 fully saturated rings. The van der Waals surface area contributed by atoms with Crippen LogP contribution in [0.1, 0.15) is 10.5 Å². The molecule has 104 valence electrons. The van der Waals surface area contributed by atoms with Crippen molar-refractivity contribution in [2.75, 3.05) is 5.32 Å². The predicted octanol–water partition coefficient (Wildman–Crippen LogP) is 4.28. The van der Waals surface area contributed by atoms with E-state index in [9.17, 15) is 9.90 Å². The predicted molar refractivity (Wildman–Crippen MR) is 91.1 cm³/mol. The number of hydrogen-bond donors (Lipinski definition) is 2. The van der Waals surface area contributed by atoms with Gasteiger partial charge in [-0.15, -0.1) is 0 Å². The van der Waals surface area contributed by atoms with Gasteiger partial charge in [0, 0.05) is 14.6 Å². The number of nitrogens with one attached hydrogen (secondary N) is 1. The van der Waals surface area contributed by atoms with Gasteiger partial charge >= 0.3 is 5.97 Å². The Kier molecular flexibility index (Phi) is 3.74. The van der Waals surface area contributed by atoms with Crippen LogP contribution < -0.4 is 5.32 Å². The number of nitrogens with zero attached hydrogens (tertiary/aromatic N) is 1. The second kappa shape index (κ2) is 5.69. The smallest absolute Gasteiger partial charge is 0.354 e. The van der Waals surface area contributed by atoms with E-state index in [1.165, 1.54) is 0 Å². The van der Waals surface area contributed by atoms with Crippen molar-refractivity contribution in [2.45, 2.75) is 0 Å². The standard InChI is InChI=1S/C16H11IN2O2/c17-11-5-3-6-12(9-11)18-15-13-7-2-1-4-10(13)8-14(19-15)16(20)21/h1-9H,(H,18,19)(H,20,21). The highest BCUT2D eigenvalue weighted by Gasteiger charge is 2.11. The van der Waals surface area contributed by atoms with Crippen LogP contribution in [-0.2, 0) is 0 Å². The molecule has 0 aliphatic rings. The van der Waals surface area contributed by atoms with Crippen molar-refractivity contribution in [3.8, 4) is 0 Å². The lowest BCUT2D eigenvalue weighted by molar-refractivity contribution is 0.0691. The van der Waals surface area contributed by atoms with E-state index < -0.39 is 5.97 Å². The van der Waals surface area contributed by atoms with E-state index in [1.807, 2.05) is 48.5 Å². The molecule has 0 radical (unpaired) electrons. The Morgan fingerprint density at radius 1 is 1.10 bits per heavy atom. The molecule has 0 aliphatic heterocycles. The molecule has 4 nitrogen and oxygen atoms in total. The minimum Gasteiger partial charge on any atom is -0.477 e. The van der Waals surface area contributed by atoms with E-state index in [4.69, 9.17) is 0 Å². The number of anilines is 2. The number of carboxylic acids is 1. The average Bonchev–Trinajstić information content (AvgIpc) is 2.47. The van der Waals surface area contributed by atoms with E-state index in [0.717, 1.165) is 20.0 Å². The topological polar surface area (TPSA) is 62.2 Å². The van der Waals surface area contributed by atoms with Gasteiger partial charge in [0.1, 0.15) is 5.82 Å². The minimum absolute atomic E-state index is 0.0295. The van der Waals surface area contributed by atoms with Gasteiger partial charge in [-0.05, 0) is 52.2 Å². The summed E-state index contributed by atoms with van der Waals surface area (Å²) in [6.07, 6.45) is 0. The van der Waals surface area contributed by atoms with Crippen LogP contribution in [0.25, 0.3) is 10.8 Å². The van der Waals surface area contributed by atoms with Crippen LogP contribution in [-0.4, -0.2) is 16.1 Å². The Morgan fingerprint density at radius 3 is 2.67 bits per heavy atom. The molecule has 0 amide bonds. The van der Waals surface area contributed by atoms with Crippen LogP contribution in [0.5, 0.6) is 0 Å². The first-order valence-corrected chi connectivity index (χ1v) is 7.37. The second-order valence-corrected chi connectivity index (χ2v) is 5.76. The van der Waals surface area contributed by atoms with Crippen LogP contribution in [0.4, 0.5) is 11.5 Å². The Balaban J connectivity index is 2.13. The first-order valence-electron chi connectivity index (χ1n) is 6.29. The number of rotatable bonds is 3. The number of benzene rings is 2.